The van der Waals surface area contributed by atoms with Crippen LogP contribution in [0.3, 0.4) is 0 Å². The summed E-state index contributed by atoms with van der Waals surface area (Å²) >= 11 is 0. The van der Waals surface area contributed by atoms with E-state index in [9.17, 15) is 14.7 Å². The van der Waals surface area contributed by atoms with Crippen LogP contribution in [0.15, 0.2) is 48.5 Å². The van der Waals surface area contributed by atoms with E-state index in [1.807, 2.05) is 38.1 Å². The van der Waals surface area contributed by atoms with E-state index in [4.69, 9.17) is 0 Å². The van der Waals surface area contributed by atoms with Crippen molar-refractivity contribution in [2.75, 3.05) is 23.7 Å². The number of aromatic hydroxyl groups is 1. The van der Waals surface area contributed by atoms with Gasteiger partial charge >= 0.3 is 0 Å². The van der Waals surface area contributed by atoms with Crippen LogP contribution in [-0.4, -0.2) is 41.0 Å². The summed E-state index contributed by atoms with van der Waals surface area (Å²) in [5.74, 6) is -0.184. The van der Waals surface area contributed by atoms with Gasteiger partial charge in [0.25, 0.3) is 0 Å². The second-order valence-corrected chi connectivity index (χ2v) is 7.35. The highest BCUT2D eigenvalue weighted by molar-refractivity contribution is 5.95. The maximum atomic E-state index is 12.5. The topological polar surface area (TPSA) is 81.7 Å². The van der Waals surface area contributed by atoms with Crippen LogP contribution in [0.25, 0.3) is 0 Å². The number of benzene rings is 2. The maximum absolute atomic E-state index is 12.5. The quantitative estimate of drug-likeness (QED) is 0.694. The molecule has 6 heteroatoms. The van der Waals surface area contributed by atoms with Crippen LogP contribution >= 0.6 is 0 Å². The number of carbonyl (C=O) groups is 2. The van der Waals surface area contributed by atoms with E-state index in [1.54, 1.807) is 24.3 Å². The Hall–Kier alpha value is -2.86. The summed E-state index contributed by atoms with van der Waals surface area (Å²) in [4.78, 5) is 27.1. The number of amides is 2. The zero-order valence-corrected chi connectivity index (χ0v) is 16.3. The highest BCUT2D eigenvalue weighted by atomic mass is 16.3. The normalized spacial score (nSPS) is 16.4. The van der Waals surface area contributed by atoms with E-state index in [-0.39, 0.29) is 29.5 Å². The van der Waals surface area contributed by atoms with Crippen LogP contribution < -0.4 is 10.6 Å². The molecule has 6 nitrogen and oxygen atoms in total. The van der Waals surface area contributed by atoms with E-state index in [2.05, 4.69) is 15.5 Å². The first-order chi connectivity index (χ1) is 13.4. The molecular weight excluding hydrogens is 354 g/mol. The van der Waals surface area contributed by atoms with Gasteiger partial charge in [-0.25, -0.2) is 0 Å². The molecule has 3 rings (SSSR count). The number of rotatable bonds is 5. The first-order valence-electron chi connectivity index (χ1n) is 9.64. The van der Waals surface area contributed by atoms with Crippen LogP contribution in [0.5, 0.6) is 5.75 Å². The molecule has 2 aromatic rings. The van der Waals surface area contributed by atoms with E-state index in [0.29, 0.717) is 31.6 Å². The molecule has 1 atom stereocenters. The summed E-state index contributed by atoms with van der Waals surface area (Å²) in [5, 5.41) is 15.6. The molecule has 2 aromatic carbocycles. The monoisotopic (exact) mass is 381 g/mol. The van der Waals surface area contributed by atoms with E-state index < -0.39 is 0 Å². The smallest absolute Gasteiger partial charge is 0.241 e. The Morgan fingerprint density at radius 3 is 2.32 bits per heavy atom. The van der Waals surface area contributed by atoms with Crippen LogP contribution in [0.4, 0.5) is 11.4 Å². The van der Waals surface area contributed by atoms with Crippen molar-refractivity contribution in [3.05, 3.63) is 54.1 Å². The third-order valence-electron chi connectivity index (χ3n) is 5.31. The lowest BCUT2D eigenvalue weighted by molar-refractivity contribution is -0.123. The summed E-state index contributed by atoms with van der Waals surface area (Å²) in [6, 6.07) is 14.2. The van der Waals surface area contributed by atoms with Gasteiger partial charge < -0.3 is 15.7 Å². The molecule has 0 saturated carbocycles. The average molecular weight is 381 g/mol. The average Bonchev–Trinajstić information content (AvgIpc) is 2.71. The van der Waals surface area contributed by atoms with Crippen molar-refractivity contribution < 1.29 is 14.7 Å². The van der Waals surface area contributed by atoms with Gasteiger partial charge in [-0.05, 0) is 64.0 Å². The highest BCUT2D eigenvalue weighted by Gasteiger charge is 2.30. The largest absolute Gasteiger partial charge is 0.506 e. The van der Waals surface area contributed by atoms with Crippen molar-refractivity contribution in [3.63, 3.8) is 0 Å². The fourth-order valence-corrected chi connectivity index (χ4v) is 3.41. The fraction of sp³-hybridized carbons (Fsp3) is 0.364. The summed E-state index contributed by atoms with van der Waals surface area (Å²) in [5.41, 5.74) is 2.37. The molecule has 0 unspecified atom stereocenters. The molecule has 1 aliphatic rings. The molecule has 0 spiro atoms. The second kappa shape index (κ2) is 8.89. The van der Waals surface area contributed by atoms with Crippen LogP contribution in [-0.2, 0) is 9.59 Å². The van der Waals surface area contributed by atoms with E-state index >= 15 is 0 Å². The predicted molar refractivity (Wildman–Crippen MR) is 110 cm³/mol. The molecule has 1 aliphatic heterocycles. The Kier molecular flexibility index (Phi) is 6.31. The summed E-state index contributed by atoms with van der Waals surface area (Å²) in [6.07, 6.45) is 1.36. The van der Waals surface area contributed by atoms with Crippen molar-refractivity contribution in [1.29, 1.82) is 0 Å². The van der Waals surface area contributed by atoms with E-state index in [1.165, 1.54) is 0 Å². The molecule has 148 valence electrons. The van der Waals surface area contributed by atoms with Crippen molar-refractivity contribution in [3.8, 4) is 5.75 Å². The standard InChI is InChI=1S/C22H27N3O3/c1-15-7-9-18(10-8-15)23-21(27)16(2)25-13-11-17(12-14-25)22(28)24-19-5-3-4-6-20(19)26/h3-10,16-17,26H,11-14H2,1-2H3,(H,23,27)(H,24,28)/t16-/m1/s1. The molecule has 0 radical (unpaired) electrons. The number of nitrogens with zero attached hydrogens (tertiary/aromatic N) is 1. The molecule has 2 amide bonds. The first kappa shape index (κ1) is 19.9. The van der Waals surface area contributed by atoms with Gasteiger partial charge in [0, 0.05) is 11.6 Å². The number of phenolic OH excluding ortho intramolecular Hbond substituents is 1. The molecule has 1 fully saturated rings. The molecule has 28 heavy (non-hydrogen) atoms. The van der Waals surface area contributed by atoms with E-state index in [0.717, 1.165) is 11.3 Å². The first-order valence-corrected chi connectivity index (χ1v) is 9.64. The Labute approximate surface area is 165 Å². The lowest BCUT2D eigenvalue weighted by Gasteiger charge is -2.34. The second-order valence-electron chi connectivity index (χ2n) is 7.35. The molecule has 0 aromatic heterocycles. The number of para-hydroxylation sites is 2. The minimum absolute atomic E-state index is 0.0408. The summed E-state index contributed by atoms with van der Waals surface area (Å²) in [6.45, 7) is 5.27. The number of phenols is 1. The van der Waals surface area contributed by atoms with Crippen molar-refractivity contribution in [2.45, 2.75) is 32.7 Å². The molecule has 3 N–H and O–H groups in total. The third kappa shape index (κ3) is 4.89. The molecule has 1 heterocycles. The Bertz CT molecular complexity index is 827. The zero-order valence-electron chi connectivity index (χ0n) is 16.3. The maximum Gasteiger partial charge on any atom is 0.241 e. The third-order valence-corrected chi connectivity index (χ3v) is 5.31. The molecule has 0 aliphatic carbocycles. The van der Waals surface area contributed by atoms with Gasteiger partial charge in [-0.15, -0.1) is 0 Å². The van der Waals surface area contributed by atoms with Crippen LogP contribution in [0.2, 0.25) is 0 Å². The number of aryl methyl sites for hydroxylation is 1. The van der Waals surface area contributed by atoms with Crippen molar-refractivity contribution >= 4 is 23.2 Å². The lowest BCUT2D eigenvalue weighted by Crippen LogP contribution is -2.47. The summed E-state index contributed by atoms with van der Waals surface area (Å²) in [7, 11) is 0. The van der Waals surface area contributed by atoms with Crippen molar-refractivity contribution in [1.82, 2.24) is 4.90 Å². The van der Waals surface area contributed by atoms with Gasteiger partial charge in [-0.2, -0.15) is 0 Å². The Balaban J connectivity index is 1.50. The van der Waals surface area contributed by atoms with Gasteiger partial charge in [0.05, 0.1) is 11.7 Å². The Morgan fingerprint density at radius 2 is 1.68 bits per heavy atom. The van der Waals surface area contributed by atoms with Gasteiger partial charge in [-0.3, -0.25) is 14.5 Å². The number of hydrogen-bond acceptors (Lipinski definition) is 4. The number of likely N-dealkylation sites (tertiary alicyclic amines) is 1. The fourth-order valence-electron chi connectivity index (χ4n) is 3.41. The minimum atomic E-state index is -0.261. The summed E-state index contributed by atoms with van der Waals surface area (Å²) < 4.78 is 0. The Morgan fingerprint density at radius 1 is 1.04 bits per heavy atom. The minimum Gasteiger partial charge on any atom is -0.506 e. The van der Waals surface area contributed by atoms with Gasteiger partial charge in [-0.1, -0.05) is 29.8 Å². The number of anilines is 2. The molecular formula is C22H27N3O3. The van der Waals surface area contributed by atoms with Crippen molar-refractivity contribution in [2.24, 2.45) is 5.92 Å². The van der Waals surface area contributed by atoms with Crippen LogP contribution in [0, 0.1) is 12.8 Å². The lowest BCUT2D eigenvalue weighted by atomic mass is 9.94. The van der Waals surface area contributed by atoms with Gasteiger partial charge in [0.1, 0.15) is 5.75 Å². The van der Waals surface area contributed by atoms with Gasteiger partial charge in [0.15, 0.2) is 0 Å². The SMILES string of the molecule is Cc1ccc(NC(=O)[C@@H](C)N2CCC(C(=O)Nc3ccccc3O)CC2)cc1. The number of hydrogen-bond donors (Lipinski definition) is 3. The predicted octanol–water partition coefficient (Wildman–Crippen LogP) is 3.38. The van der Waals surface area contributed by atoms with Gasteiger partial charge in [0.2, 0.25) is 11.8 Å². The number of piperidine rings is 1. The van der Waals surface area contributed by atoms with Crippen LogP contribution in [0.1, 0.15) is 25.3 Å². The number of nitrogens with one attached hydrogen (secondary N) is 2. The molecule has 1 saturated heterocycles. The number of carbonyl (C=O) groups excluding carboxylic acids is 2. The molecule has 0 bridgehead atoms. The zero-order chi connectivity index (χ0) is 20.1. The highest BCUT2D eigenvalue weighted by Crippen LogP contribution is 2.25.